The van der Waals surface area contributed by atoms with Gasteiger partial charge in [-0.2, -0.15) is 5.10 Å². The molecule has 1 aromatic heterocycles. The molecule has 0 aliphatic carbocycles. The number of piperidine rings is 1. The number of hydrogen-bond donors (Lipinski definition) is 2. The molecule has 0 spiro atoms. The Balaban J connectivity index is 1.51. The molecule has 9 heteroatoms. The average Bonchev–Trinajstić information content (AvgIpc) is 3.26. The molecule has 0 atom stereocenters. The van der Waals surface area contributed by atoms with Crippen LogP contribution in [0.25, 0.3) is 5.69 Å². The number of benzene rings is 1. The van der Waals surface area contributed by atoms with Gasteiger partial charge in [0.15, 0.2) is 5.96 Å². The Kier molecular flexibility index (Phi) is 6.69. The van der Waals surface area contributed by atoms with Crippen LogP contribution in [0.15, 0.2) is 47.7 Å². The van der Waals surface area contributed by atoms with E-state index in [1.54, 1.807) is 24.5 Å². The second-order valence-corrected chi connectivity index (χ2v) is 9.02. The van der Waals surface area contributed by atoms with Crippen molar-refractivity contribution in [3.63, 3.8) is 0 Å². The van der Waals surface area contributed by atoms with E-state index in [9.17, 15) is 8.42 Å². The minimum absolute atomic E-state index is 0.159. The second-order valence-electron chi connectivity index (χ2n) is 6.76. The van der Waals surface area contributed by atoms with Gasteiger partial charge in [0.1, 0.15) is 0 Å². The summed E-state index contributed by atoms with van der Waals surface area (Å²) in [6.07, 6.45) is 5.22. The highest BCUT2D eigenvalue weighted by Gasteiger charge is 2.26. The fourth-order valence-corrected chi connectivity index (χ4v) is 4.40. The van der Waals surface area contributed by atoms with Crippen LogP contribution in [-0.2, 0) is 16.6 Å². The Morgan fingerprint density at radius 2 is 2.07 bits per heavy atom. The number of aromatic nitrogens is 2. The van der Waals surface area contributed by atoms with Crippen molar-refractivity contribution in [2.45, 2.75) is 32.4 Å². The van der Waals surface area contributed by atoms with Crippen LogP contribution in [-0.4, -0.2) is 60.4 Å². The molecule has 1 saturated heterocycles. The summed E-state index contributed by atoms with van der Waals surface area (Å²) in [5, 5.41) is 11.0. The molecule has 2 aromatic rings. The van der Waals surface area contributed by atoms with Gasteiger partial charge in [-0.05, 0) is 43.5 Å². The maximum absolute atomic E-state index is 12.0. The standard InChI is InChI=1S/C19H28N6O2S/c1-3-28(26,27)24-12-8-17(9-13-24)23-19(20-2)21-15-16-6-4-7-18(14-16)25-11-5-10-22-25/h4-7,10-11,14,17H,3,8-9,12-13,15H2,1-2H3,(H2,20,21,23). The van der Waals surface area contributed by atoms with Gasteiger partial charge in [-0.1, -0.05) is 12.1 Å². The minimum atomic E-state index is -3.10. The molecule has 1 aliphatic rings. The highest BCUT2D eigenvalue weighted by molar-refractivity contribution is 7.89. The molecular formula is C19H28N6O2S. The summed E-state index contributed by atoms with van der Waals surface area (Å²) in [5.74, 6) is 0.882. The van der Waals surface area contributed by atoms with Crippen LogP contribution in [0, 0.1) is 0 Å². The third-order valence-electron chi connectivity index (χ3n) is 4.92. The van der Waals surface area contributed by atoms with Gasteiger partial charge >= 0.3 is 0 Å². The lowest BCUT2D eigenvalue weighted by Crippen LogP contribution is -2.49. The number of hydrogen-bond acceptors (Lipinski definition) is 4. The molecule has 0 saturated carbocycles. The molecule has 2 N–H and O–H groups in total. The quantitative estimate of drug-likeness (QED) is 0.560. The maximum Gasteiger partial charge on any atom is 0.213 e. The molecule has 0 unspecified atom stereocenters. The van der Waals surface area contributed by atoms with E-state index in [-0.39, 0.29) is 11.8 Å². The highest BCUT2D eigenvalue weighted by atomic mass is 32.2. The zero-order valence-electron chi connectivity index (χ0n) is 16.4. The van der Waals surface area contributed by atoms with Crippen molar-refractivity contribution in [2.24, 2.45) is 4.99 Å². The first-order valence-electron chi connectivity index (χ1n) is 9.56. The van der Waals surface area contributed by atoms with E-state index in [1.165, 1.54) is 0 Å². The number of rotatable bonds is 6. The Labute approximate surface area is 166 Å². The zero-order chi connectivity index (χ0) is 20.0. The summed E-state index contributed by atoms with van der Waals surface area (Å²) >= 11 is 0. The van der Waals surface area contributed by atoms with Crippen molar-refractivity contribution in [3.05, 3.63) is 48.3 Å². The first-order chi connectivity index (χ1) is 13.5. The highest BCUT2D eigenvalue weighted by Crippen LogP contribution is 2.14. The smallest absolute Gasteiger partial charge is 0.213 e. The zero-order valence-corrected chi connectivity index (χ0v) is 17.2. The van der Waals surface area contributed by atoms with E-state index in [1.807, 2.05) is 29.1 Å². The molecule has 1 aliphatic heterocycles. The number of nitrogens with zero attached hydrogens (tertiary/aromatic N) is 4. The number of nitrogens with one attached hydrogen (secondary N) is 2. The molecule has 152 valence electrons. The van der Waals surface area contributed by atoms with Gasteiger partial charge in [0.25, 0.3) is 0 Å². The van der Waals surface area contributed by atoms with Crippen molar-refractivity contribution in [1.82, 2.24) is 24.7 Å². The van der Waals surface area contributed by atoms with Crippen molar-refractivity contribution < 1.29 is 8.42 Å². The number of sulfonamides is 1. The van der Waals surface area contributed by atoms with Crippen LogP contribution in [0.1, 0.15) is 25.3 Å². The van der Waals surface area contributed by atoms with Crippen LogP contribution in [0.5, 0.6) is 0 Å². The van der Waals surface area contributed by atoms with Gasteiger partial charge in [0, 0.05) is 45.1 Å². The van der Waals surface area contributed by atoms with Gasteiger partial charge in [0.2, 0.25) is 10.0 Å². The largest absolute Gasteiger partial charge is 0.354 e. The summed E-state index contributed by atoms with van der Waals surface area (Å²) in [7, 11) is -1.35. The summed E-state index contributed by atoms with van der Waals surface area (Å²) in [6.45, 7) is 3.43. The Hall–Kier alpha value is -2.39. The topological polar surface area (TPSA) is 91.6 Å². The minimum Gasteiger partial charge on any atom is -0.354 e. The van der Waals surface area contributed by atoms with E-state index in [4.69, 9.17) is 0 Å². The predicted molar refractivity (Wildman–Crippen MR) is 111 cm³/mol. The van der Waals surface area contributed by atoms with Crippen LogP contribution in [0.2, 0.25) is 0 Å². The van der Waals surface area contributed by atoms with E-state index in [0.717, 1.165) is 30.1 Å². The molecule has 0 radical (unpaired) electrons. The average molecular weight is 405 g/mol. The molecule has 3 rings (SSSR count). The van der Waals surface area contributed by atoms with E-state index in [2.05, 4.69) is 32.9 Å². The van der Waals surface area contributed by atoms with Crippen molar-refractivity contribution >= 4 is 16.0 Å². The third kappa shape index (κ3) is 5.11. The number of guanidine groups is 1. The Morgan fingerprint density at radius 3 is 2.71 bits per heavy atom. The molecule has 1 fully saturated rings. The first-order valence-corrected chi connectivity index (χ1v) is 11.2. The fraction of sp³-hybridized carbons (Fsp3) is 0.474. The predicted octanol–water partition coefficient (Wildman–Crippen LogP) is 1.35. The Morgan fingerprint density at radius 1 is 1.29 bits per heavy atom. The third-order valence-corrected chi connectivity index (χ3v) is 6.80. The van der Waals surface area contributed by atoms with Crippen molar-refractivity contribution in [2.75, 3.05) is 25.9 Å². The van der Waals surface area contributed by atoms with Crippen LogP contribution in [0.3, 0.4) is 0 Å². The van der Waals surface area contributed by atoms with Gasteiger partial charge in [-0.15, -0.1) is 0 Å². The van der Waals surface area contributed by atoms with Gasteiger partial charge in [-0.3, -0.25) is 4.99 Å². The lowest BCUT2D eigenvalue weighted by atomic mass is 10.1. The lowest BCUT2D eigenvalue weighted by molar-refractivity contribution is 0.306. The summed E-state index contributed by atoms with van der Waals surface area (Å²) in [5.41, 5.74) is 2.14. The van der Waals surface area contributed by atoms with Gasteiger partial charge in [0.05, 0.1) is 11.4 Å². The van der Waals surface area contributed by atoms with Crippen LogP contribution >= 0.6 is 0 Å². The maximum atomic E-state index is 12.0. The molecule has 0 amide bonds. The fourth-order valence-electron chi connectivity index (χ4n) is 3.27. The van der Waals surface area contributed by atoms with E-state index in [0.29, 0.717) is 19.6 Å². The van der Waals surface area contributed by atoms with Gasteiger partial charge < -0.3 is 10.6 Å². The van der Waals surface area contributed by atoms with Crippen LogP contribution in [0.4, 0.5) is 0 Å². The monoisotopic (exact) mass is 404 g/mol. The normalized spacial score (nSPS) is 16.9. The molecular weight excluding hydrogens is 376 g/mol. The second kappa shape index (κ2) is 9.20. The van der Waals surface area contributed by atoms with E-state index >= 15 is 0 Å². The van der Waals surface area contributed by atoms with Gasteiger partial charge in [-0.25, -0.2) is 17.4 Å². The summed E-state index contributed by atoms with van der Waals surface area (Å²) in [6, 6.07) is 10.3. The van der Waals surface area contributed by atoms with Crippen molar-refractivity contribution in [3.8, 4) is 5.69 Å². The molecule has 0 bridgehead atoms. The van der Waals surface area contributed by atoms with Crippen molar-refractivity contribution in [1.29, 1.82) is 0 Å². The SMILES string of the molecule is CCS(=O)(=O)N1CCC(NC(=NC)NCc2cccc(-n3cccn3)c2)CC1. The molecule has 2 heterocycles. The van der Waals surface area contributed by atoms with Crippen LogP contribution < -0.4 is 10.6 Å². The Bertz CT molecular complexity index is 887. The van der Waals surface area contributed by atoms with E-state index < -0.39 is 10.0 Å². The first kappa shape index (κ1) is 20.3. The molecule has 8 nitrogen and oxygen atoms in total. The lowest BCUT2D eigenvalue weighted by Gasteiger charge is -2.32. The number of aliphatic imine (C=N–C) groups is 1. The molecule has 1 aromatic carbocycles. The molecule has 28 heavy (non-hydrogen) atoms. The summed E-state index contributed by atoms with van der Waals surface area (Å²) < 4.78 is 27.4. The summed E-state index contributed by atoms with van der Waals surface area (Å²) in [4.78, 5) is 4.30.